The van der Waals surface area contributed by atoms with Crippen LogP contribution in [0.15, 0.2) is 279 Å². The molecule has 0 radical (unpaired) electrons. The van der Waals surface area contributed by atoms with Crippen LogP contribution in [0.3, 0.4) is 0 Å². The van der Waals surface area contributed by atoms with E-state index in [1.165, 1.54) is 160 Å². The topological polar surface area (TPSA) is 21.3 Å². The minimum Gasteiger partial charge on any atom is -0.310 e. The van der Waals surface area contributed by atoms with Crippen LogP contribution in [0.5, 0.6) is 0 Å². The lowest BCUT2D eigenvalue weighted by Gasteiger charge is -2.46. The molecule has 0 atom stereocenters. The highest BCUT2D eigenvalue weighted by molar-refractivity contribution is 7.00. The Kier molecular flexibility index (Phi) is 22.9. The quantitative estimate of drug-likeness (QED) is 0.134. The summed E-state index contributed by atoms with van der Waals surface area (Å²) in [6, 6.07) is 114. The molecule has 2 aliphatic heterocycles. The van der Waals surface area contributed by atoms with E-state index in [1.54, 1.807) is 0 Å². The van der Waals surface area contributed by atoms with E-state index < -0.39 is 6.71 Å². The summed E-state index contributed by atoms with van der Waals surface area (Å²) in [5.41, 5.74) is 43.3. The first-order chi connectivity index (χ1) is 67.0. The number of benzene rings is 15. The van der Waals surface area contributed by atoms with Gasteiger partial charge in [-0.1, -0.05) is 419 Å². The van der Waals surface area contributed by atoms with Crippen molar-refractivity contribution < 1.29 is 0 Å². The highest BCUT2D eigenvalue weighted by Crippen LogP contribution is 2.59. The largest absolute Gasteiger partial charge is 0.310 e. The van der Waals surface area contributed by atoms with Crippen molar-refractivity contribution in [2.45, 2.75) is 314 Å². The molecule has 0 spiro atoms. The van der Waals surface area contributed by atoms with E-state index in [9.17, 15) is 0 Å². The summed E-state index contributed by atoms with van der Waals surface area (Å²) >= 11 is 0. The second kappa shape index (κ2) is 33.5. The van der Waals surface area contributed by atoms with E-state index in [-0.39, 0.29) is 65.0 Å². The average Bonchev–Trinajstić information content (AvgIpc) is 0.911. The second-order valence-electron chi connectivity index (χ2n) is 54.9. The summed E-state index contributed by atoms with van der Waals surface area (Å²) in [4.78, 5) is 5.72. The van der Waals surface area contributed by atoms with Gasteiger partial charge in [0.25, 0.3) is 6.71 Å². The monoisotopic (exact) mass is 1890 g/mol. The summed E-state index contributed by atoms with van der Waals surface area (Å²) in [7, 11) is 0. The van der Waals surface area contributed by atoms with Gasteiger partial charge in [-0.2, -0.15) is 0 Å². The van der Waals surface area contributed by atoms with E-state index in [0.29, 0.717) is 0 Å². The van der Waals surface area contributed by atoms with Crippen LogP contribution in [0.25, 0.3) is 127 Å². The molecule has 20 rings (SSSR count). The fraction of sp³-hybridized carbons (Fsp3) is 0.348. The number of hydrogen-bond acceptors (Lipinski definition) is 2. The Morgan fingerprint density at radius 3 is 0.632 bits per heavy atom. The highest BCUT2D eigenvalue weighted by atomic mass is 15.2. The van der Waals surface area contributed by atoms with E-state index in [2.05, 4.69) is 552 Å². The lowest BCUT2D eigenvalue weighted by Crippen LogP contribution is -2.61. The first-order valence-corrected chi connectivity index (χ1v) is 53.1. The molecule has 0 N–H and O–H groups in total. The molecule has 2 aliphatic rings. The molecular formula is C138H154BN5. The number of anilines is 6. The fourth-order valence-electron chi connectivity index (χ4n) is 23.5. The van der Waals surface area contributed by atoms with Gasteiger partial charge in [-0.25, -0.2) is 0 Å². The van der Waals surface area contributed by atoms with Gasteiger partial charge in [0.15, 0.2) is 0 Å². The molecule has 0 saturated heterocycles. The minimum atomic E-state index is -0.391. The summed E-state index contributed by atoms with van der Waals surface area (Å²) in [5, 5.41) is 7.47. The van der Waals surface area contributed by atoms with Crippen LogP contribution in [0, 0.1) is 0 Å². The lowest BCUT2D eigenvalue weighted by atomic mass is 9.33. The number of para-hydroxylation sites is 2. The average molecular weight is 1890 g/mol. The molecule has 0 amide bonds. The van der Waals surface area contributed by atoms with Gasteiger partial charge < -0.3 is 23.5 Å². The van der Waals surface area contributed by atoms with Gasteiger partial charge in [-0.15, -0.1) is 0 Å². The van der Waals surface area contributed by atoms with Crippen molar-refractivity contribution in [2.75, 3.05) is 9.80 Å². The third kappa shape index (κ3) is 16.9. The Bertz CT molecular complexity index is 7570. The third-order valence-electron chi connectivity index (χ3n) is 31.8. The maximum absolute atomic E-state index is 2.86. The molecule has 0 unspecified atom stereocenters. The van der Waals surface area contributed by atoms with Crippen molar-refractivity contribution in [3.05, 3.63) is 346 Å². The van der Waals surface area contributed by atoms with Gasteiger partial charge in [0.05, 0.1) is 50.2 Å². The van der Waals surface area contributed by atoms with Crippen LogP contribution >= 0.6 is 0 Å². The van der Waals surface area contributed by atoms with Gasteiger partial charge in [0.1, 0.15) is 0 Å². The van der Waals surface area contributed by atoms with E-state index in [4.69, 9.17) is 0 Å². The number of nitrogens with zero attached hydrogens (tertiary/aromatic N) is 5. The van der Waals surface area contributed by atoms with E-state index in [0.717, 1.165) is 84.5 Å². The molecule has 144 heavy (non-hydrogen) atoms. The minimum absolute atomic E-state index is 0.113. The molecule has 0 aliphatic carbocycles. The Balaban J connectivity index is 1.06. The van der Waals surface area contributed by atoms with E-state index >= 15 is 0 Å². The highest BCUT2D eigenvalue weighted by Gasteiger charge is 2.48. The predicted octanol–water partition coefficient (Wildman–Crippen LogP) is 37.3. The van der Waals surface area contributed by atoms with Gasteiger partial charge in [0.2, 0.25) is 0 Å². The molecular weight excluding hydrogens is 1740 g/mol. The maximum Gasteiger partial charge on any atom is 0.252 e. The van der Waals surface area contributed by atoms with Crippen LogP contribution < -0.4 is 26.2 Å². The van der Waals surface area contributed by atoms with Gasteiger partial charge in [0, 0.05) is 88.7 Å². The molecule has 3 aromatic heterocycles. The Labute approximate surface area is 861 Å². The number of fused-ring (bicyclic) bond motifs is 13. The fourth-order valence-corrected chi connectivity index (χ4v) is 23.5. The number of aromatic nitrogens is 3. The third-order valence-corrected chi connectivity index (χ3v) is 31.8. The van der Waals surface area contributed by atoms with Crippen LogP contribution in [0.1, 0.15) is 316 Å². The smallest absolute Gasteiger partial charge is 0.252 e. The molecule has 15 aromatic carbocycles. The molecule has 734 valence electrons. The van der Waals surface area contributed by atoms with Crippen LogP contribution in [-0.4, -0.2) is 20.4 Å². The molecule has 6 heteroatoms. The zero-order valence-corrected chi connectivity index (χ0v) is 93.4. The van der Waals surface area contributed by atoms with Crippen molar-refractivity contribution in [3.63, 3.8) is 0 Å². The van der Waals surface area contributed by atoms with Crippen LogP contribution in [0.2, 0.25) is 0 Å². The zero-order valence-electron chi connectivity index (χ0n) is 93.4. The van der Waals surface area contributed by atoms with Crippen molar-refractivity contribution in [2.24, 2.45) is 0 Å². The van der Waals surface area contributed by atoms with Gasteiger partial charge in [-0.3, -0.25) is 0 Å². The number of hydrogen-bond donors (Lipinski definition) is 0. The molecule has 0 bridgehead atoms. The first kappa shape index (κ1) is 98.7. The molecule has 0 saturated carbocycles. The van der Waals surface area contributed by atoms with Crippen LogP contribution in [0.4, 0.5) is 34.1 Å². The van der Waals surface area contributed by atoms with Crippen molar-refractivity contribution >= 4 is 123 Å². The van der Waals surface area contributed by atoms with Crippen molar-refractivity contribution in [1.82, 2.24) is 13.7 Å². The van der Waals surface area contributed by atoms with Crippen LogP contribution in [-0.2, 0) is 65.0 Å². The Morgan fingerprint density at radius 1 is 0.181 bits per heavy atom. The predicted molar refractivity (Wildman–Crippen MR) is 630 cm³/mol. The van der Waals surface area contributed by atoms with Gasteiger partial charge in [-0.05, 0) is 280 Å². The van der Waals surface area contributed by atoms with Gasteiger partial charge >= 0.3 is 0 Å². The van der Waals surface area contributed by atoms with Crippen molar-refractivity contribution in [3.8, 4) is 61.6 Å². The van der Waals surface area contributed by atoms with E-state index in [1.807, 2.05) is 0 Å². The lowest BCUT2D eigenvalue weighted by molar-refractivity contribution is 0.571. The normalized spacial score (nSPS) is 13.9. The molecule has 18 aromatic rings. The summed E-state index contributed by atoms with van der Waals surface area (Å²) in [6.07, 6.45) is 0. The molecule has 5 heterocycles. The molecule has 5 nitrogen and oxygen atoms in total. The SMILES string of the molecule is CC(C)(C)c1ccc(-c2cccc(-c3c(C(C)(C)C)cccc3C(C)(C)C)c2N2c3cc(-n4c5ccc(C(C)(C)C)cc5c5cc(C(C)(C)C)ccc54)ccc3B3c4ccc(-n5c6ccc(C(C)(C)C)cc6c6cc(C(C)(C)C)ccc65)cc4N(c4c(-c5ccc(C(C)(C)C)cc5)cccc4-c4c(C(C)(C)C)cccc4C(C)(C)C)c4cc(-n5c6ccc(C(C)(C)C)cc6c6cc(C(C)(C)C)ccc65)cc2c43)cc1. The first-order valence-electron chi connectivity index (χ1n) is 53.1. The van der Waals surface area contributed by atoms with Crippen molar-refractivity contribution in [1.29, 1.82) is 0 Å². The second-order valence-corrected chi connectivity index (χ2v) is 54.9. The maximum atomic E-state index is 2.86. The standard InChI is InChI=1S/C138H154BN5/c1-127(2,3)85-53-49-83(50-54-85)96-41-37-43-98(122-106(135(25,26)27)45-39-46-107(122)136(28,29)30)125(96)143-118-79-93(140-112-67-57-87(129(7,8)9)73-100(112)101-74-88(130(10,11)12)58-68-113(101)140)63-65-110(118)139-111-66-64-94(141-114-69-59-89(131(13,14)15)75-102(114)103-76-90(132(16,17)18)60-70-115(103)141)80-119(111)144(121-82-95(81-120(143)124(121)139)142-116-71-61-91(133(19,20)21)77-104(116)105-78-92(134(22,23)24)62-72-117(105)142)126-97(84-51-55-86(56-52-84)128(4,5)6)42-38-44-99(126)123-108(137(31,32)33)47-40-48-109(123)138(34,35)36/h37-82H,1-36H3. The molecule has 0 fully saturated rings. The summed E-state index contributed by atoms with van der Waals surface area (Å²) < 4.78 is 7.93. The number of rotatable bonds is 9. The summed E-state index contributed by atoms with van der Waals surface area (Å²) in [6.45, 7) is 85.5. The Hall–Kier alpha value is -12.6. The zero-order chi connectivity index (χ0) is 103. The Morgan fingerprint density at radius 2 is 0.396 bits per heavy atom. The summed E-state index contributed by atoms with van der Waals surface area (Å²) in [5.74, 6) is 0.